The van der Waals surface area contributed by atoms with Gasteiger partial charge in [0, 0.05) is 4.88 Å². The van der Waals surface area contributed by atoms with Crippen LogP contribution >= 0.6 is 11.3 Å². The van der Waals surface area contributed by atoms with Crippen LogP contribution in [0.2, 0.25) is 0 Å². The van der Waals surface area contributed by atoms with Crippen molar-refractivity contribution in [3.8, 4) is 0 Å². The van der Waals surface area contributed by atoms with Crippen molar-refractivity contribution in [1.29, 1.82) is 0 Å². The molecule has 0 aromatic carbocycles. The van der Waals surface area contributed by atoms with E-state index in [0.29, 0.717) is 25.4 Å². The molecule has 0 aliphatic carbocycles. The van der Waals surface area contributed by atoms with E-state index in [-0.39, 0.29) is 24.3 Å². The van der Waals surface area contributed by atoms with E-state index in [9.17, 15) is 9.59 Å². The number of amides is 1. The third-order valence-corrected chi connectivity index (χ3v) is 3.96. The van der Waals surface area contributed by atoms with Gasteiger partial charge in [-0.05, 0) is 24.8 Å². The van der Waals surface area contributed by atoms with Gasteiger partial charge in [-0.3, -0.25) is 4.79 Å². The molecule has 1 aromatic rings. The third-order valence-electron chi connectivity index (χ3n) is 2.85. The Bertz CT molecular complexity index is 479. The molecular weight excluding hydrogens is 266 g/mol. The predicted octanol–water partition coefficient (Wildman–Crippen LogP) is 1.29. The summed E-state index contributed by atoms with van der Waals surface area (Å²) in [6, 6.07) is 0.111. The van der Waals surface area contributed by atoms with E-state index in [1.807, 2.05) is 12.3 Å². The maximum atomic E-state index is 11.9. The number of hydrogen-bond donors (Lipinski definition) is 1. The molecule has 0 spiro atoms. The molecule has 1 fully saturated rings. The van der Waals surface area contributed by atoms with Gasteiger partial charge in [-0.25, -0.2) is 4.79 Å². The van der Waals surface area contributed by atoms with Crippen LogP contribution in [0.3, 0.4) is 0 Å². The largest absolute Gasteiger partial charge is 0.462 e. The molecule has 0 saturated carbocycles. The lowest BCUT2D eigenvalue weighted by Gasteiger charge is -2.26. The lowest BCUT2D eigenvalue weighted by molar-refractivity contribution is -0.124. The molecule has 1 N–H and O–H groups in total. The number of esters is 1. The lowest BCUT2D eigenvalue weighted by atomic mass is 10.1. The summed E-state index contributed by atoms with van der Waals surface area (Å²) in [5.74, 6) is -0.434. The second-order valence-electron chi connectivity index (χ2n) is 4.42. The Morgan fingerprint density at radius 3 is 2.84 bits per heavy atom. The van der Waals surface area contributed by atoms with Crippen LogP contribution < -0.4 is 5.32 Å². The fourth-order valence-electron chi connectivity index (χ4n) is 1.85. The monoisotopic (exact) mass is 283 g/mol. The van der Waals surface area contributed by atoms with Crippen molar-refractivity contribution >= 4 is 23.2 Å². The molecular formula is C13H17NO4S. The van der Waals surface area contributed by atoms with Crippen molar-refractivity contribution < 1.29 is 19.1 Å². The van der Waals surface area contributed by atoms with Gasteiger partial charge in [0.25, 0.3) is 0 Å². The minimum atomic E-state index is -0.351. The molecule has 2 rings (SSSR count). The molecule has 1 aliphatic rings. The van der Waals surface area contributed by atoms with Gasteiger partial charge in [0.2, 0.25) is 5.91 Å². The van der Waals surface area contributed by atoms with Crippen molar-refractivity contribution in [3.63, 3.8) is 0 Å². The smallest absolute Gasteiger partial charge is 0.339 e. The Labute approximate surface area is 115 Å². The van der Waals surface area contributed by atoms with Crippen molar-refractivity contribution in [2.24, 2.45) is 0 Å². The summed E-state index contributed by atoms with van der Waals surface area (Å²) in [4.78, 5) is 24.5. The number of nitrogens with one attached hydrogen (secondary N) is 1. The number of thiophene rings is 1. The second-order valence-corrected chi connectivity index (χ2v) is 5.38. The zero-order valence-corrected chi connectivity index (χ0v) is 11.8. The first-order chi connectivity index (χ1) is 9.11. The molecule has 2 heterocycles. The second kappa shape index (κ2) is 6.16. The Morgan fingerprint density at radius 1 is 1.53 bits per heavy atom. The van der Waals surface area contributed by atoms with Gasteiger partial charge in [-0.1, -0.05) is 0 Å². The van der Waals surface area contributed by atoms with Gasteiger partial charge >= 0.3 is 5.97 Å². The van der Waals surface area contributed by atoms with Gasteiger partial charge in [-0.15, -0.1) is 11.3 Å². The topological polar surface area (TPSA) is 64.6 Å². The zero-order chi connectivity index (χ0) is 13.8. The predicted molar refractivity (Wildman–Crippen MR) is 71.5 cm³/mol. The summed E-state index contributed by atoms with van der Waals surface area (Å²) in [5.41, 5.74) is 1.39. The lowest BCUT2D eigenvalue weighted by Crippen LogP contribution is -2.49. The van der Waals surface area contributed by atoms with Gasteiger partial charge in [0.05, 0.1) is 37.8 Å². The minimum Gasteiger partial charge on any atom is -0.462 e. The van der Waals surface area contributed by atoms with Crippen LogP contribution in [0.15, 0.2) is 5.38 Å². The van der Waals surface area contributed by atoms with Crippen molar-refractivity contribution in [2.75, 3.05) is 19.8 Å². The van der Waals surface area contributed by atoms with Crippen LogP contribution in [0, 0.1) is 6.92 Å². The van der Waals surface area contributed by atoms with Crippen LogP contribution in [0.5, 0.6) is 0 Å². The summed E-state index contributed by atoms with van der Waals surface area (Å²) in [6.45, 7) is 5.09. The van der Waals surface area contributed by atoms with Gasteiger partial charge in [-0.2, -0.15) is 0 Å². The van der Waals surface area contributed by atoms with Crippen LogP contribution in [0.1, 0.15) is 27.7 Å². The van der Waals surface area contributed by atoms with Crippen molar-refractivity contribution in [2.45, 2.75) is 26.3 Å². The molecule has 6 heteroatoms. The number of ether oxygens (including phenoxy) is 2. The number of aryl methyl sites for hydroxylation is 1. The van der Waals surface area contributed by atoms with Crippen molar-refractivity contribution in [1.82, 2.24) is 5.32 Å². The third kappa shape index (κ3) is 3.33. The van der Waals surface area contributed by atoms with E-state index in [1.165, 1.54) is 11.3 Å². The maximum Gasteiger partial charge on any atom is 0.339 e. The Morgan fingerprint density at radius 2 is 2.26 bits per heavy atom. The highest BCUT2D eigenvalue weighted by molar-refractivity contribution is 7.10. The van der Waals surface area contributed by atoms with E-state index in [4.69, 9.17) is 9.47 Å². The molecule has 5 nitrogen and oxygen atoms in total. The molecule has 1 aromatic heterocycles. The summed E-state index contributed by atoms with van der Waals surface area (Å²) in [5, 5.41) is 4.74. The number of carbonyl (C=O) groups is 2. The highest BCUT2D eigenvalue weighted by atomic mass is 32.1. The molecule has 0 radical (unpaired) electrons. The summed E-state index contributed by atoms with van der Waals surface area (Å²) < 4.78 is 10.0. The van der Waals surface area contributed by atoms with Crippen LogP contribution in [0.25, 0.3) is 0 Å². The summed E-state index contributed by atoms with van der Waals surface area (Å²) in [6.07, 6.45) is 0.211. The van der Waals surface area contributed by atoms with Crippen LogP contribution in [-0.2, 0) is 20.7 Å². The summed E-state index contributed by atoms with van der Waals surface area (Å²) in [7, 11) is 0. The molecule has 104 valence electrons. The first-order valence-corrected chi connectivity index (χ1v) is 7.11. The Kier molecular flexibility index (Phi) is 4.55. The fourth-order valence-corrected chi connectivity index (χ4v) is 2.86. The van der Waals surface area contributed by atoms with Crippen LogP contribution in [0.4, 0.5) is 0 Å². The average Bonchev–Trinajstić information content (AvgIpc) is 2.65. The van der Waals surface area contributed by atoms with Gasteiger partial charge in [0.1, 0.15) is 0 Å². The van der Waals surface area contributed by atoms with Crippen molar-refractivity contribution in [3.05, 3.63) is 21.4 Å². The number of rotatable bonds is 5. The molecule has 1 aliphatic heterocycles. The SMILES string of the molecule is CCOC(=O)c1c(C)csc1CC(=O)NC1COC1. The average molecular weight is 283 g/mol. The summed E-state index contributed by atoms with van der Waals surface area (Å²) >= 11 is 1.42. The van der Waals surface area contributed by atoms with E-state index in [0.717, 1.165) is 10.4 Å². The molecule has 0 bridgehead atoms. The fraction of sp³-hybridized carbons (Fsp3) is 0.538. The van der Waals surface area contributed by atoms with Crippen LogP contribution in [-0.4, -0.2) is 37.7 Å². The van der Waals surface area contributed by atoms with E-state index >= 15 is 0 Å². The Balaban J connectivity index is 2.02. The minimum absolute atomic E-state index is 0.0827. The standard InChI is InChI=1S/C13H17NO4S/c1-3-18-13(16)12-8(2)7-19-10(12)4-11(15)14-9-5-17-6-9/h7,9H,3-6H2,1-2H3,(H,14,15). The first kappa shape index (κ1) is 14.0. The maximum absolute atomic E-state index is 11.9. The number of hydrogen-bond acceptors (Lipinski definition) is 5. The normalized spacial score (nSPS) is 14.8. The van der Waals surface area contributed by atoms with E-state index < -0.39 is 0 Å². The molecule has 19 heavy (non-hydrogen) atoms. The molecule has 0 unspecified atom stereocenters. The molecule has 1 amide bonds. The Hall–Kier alpha value is -1.40. The van der Waals surface area contributed by atoms with E-state index in [1.54, 1.807) is 6.92 Å². The van der Waals surface area contributed by atoms with Gasteiger partial charge in [0.15, 0.2) is 0 Å². The van der Waals surface area contributed by atoms with Gasteiger partial charge < -0.3 is 14.8 Å². The highest BCUT2D eigenvalue weighted by Gasteiger charge is 2.23. The molecule has 1 saturated heterocycles. The highest BCUT2D eigenvalue weighted by Crippen LogP contribution is 2.23. The van der Waals surface area contributed by atoms with E-state index in [2.05, 4.69) is 5.32 Å². The first-order valence-electron chi connectivity index (χ1n) is 6.23. The zero-order valence-electron chi connectivity index (χ0n) is 11.0. The number of carbonyl (C=O) groups excluding carboxylic acids is 2. The quantitative estimate of drug-likeness (QED) is 0.827. The molecule has 0 atom stereocenters.